The molecule has 5 aliphatic heterocycles. The van der Waals surface area contributed by atoms with Gasteiger partial charge in [-0.2, -0.15) is 70.1 Å². The van der Waals surface area contributed by atoms with Gasteiger partial charge in [-0.1, -0.05) is 31.2 Å². The molecule has 2 amide bonds. The number of ether oxygens (including phenoxy) is 6. The van der Waals surface area contributed by atoms with Gasteiger partial charge in [0.05, 0.1) is 86.3 Å². The number of H-pyrrole nitrogens is 5. The van der Waals surface area contributed by atoms with Crippen LogP contribution in [0.1, 0.15) is 208 Å². The number of alkyl halides is 9. The number of piperidine rings is 2. The molecule has 0 radical (unpaired) electrons. The molecule has 2 aromatic carbocycles. The number of likely N-dealkylation sites (tertiary alicyclic amines) is 2. The highest BCUT2D eigenvalue weighted by Crippen LogP contribution is 2.36. The van der Waals surface area contributed by atoms with Crippen molar-refractivity contribution in [2.45, 2.75) is 224 Å². The zero-order valence-corrected chi connectivity index (χ0v) is 76.0. The van der Waals surface area contributed by atoms with Crippen LogP contribution in [0.2, 0.25) is 0 Å². The summed E-state index contributed by atoms with van der Waals surface area (Å²) in [5.41, 5.74) is -0.448. The predicted octanol–water partition coefficient (Wildman–Crippen LogP) is 13.4. The molecule has 13 aromatic rings. The monoisotopic (exact) mass is 1910 g/mol. The van der Waals surface area contributed by atoms with Crippen molar-refractivity contribution >= 4 is 67.4 Å². The van der Waals surface area contributed by atoms with Crippen molar-refractivity contribution in [2.24, 2.45) is 5.92 Å². The molecule has 5 fully saturated rings. The third-order valence-electron chi connectivity index (χ3n) is 23.3. The highest BCUT2D eigenvalue weighted by Gasteiger charge is 2.40. The molecule has 16 heterocycles. The second-order valence-electron chi connectivity index (χ2n) is 35.7. The first-order valence-electron chi connectivity index (χ1n) is 44.8. The van der Waals surface area contributed by atoms with Crippen LogP contribution in [-0.4, -0.2) is 227 Å². The van der Waals surface area contributed by atoms with Gasteiger partial charge in [-0.05, 0) is 154 Å². The number of methoxy groups -OCH3 is 1. The molecule has 0 saturated carbocycles. The minimum absolute atomic E-state index is 0.0228. The minimum Gasteiger partial charge on any atom is -0.494 e. The minimum atomic E-state index is -4.46. The second-order valence-corrected chi connectivity index (χ2v) is 35.7. The normalized spacial score (nSPS) is 17.1. The summed E-state index contributed by atoms with van der Waals surface area (Å²) in [6.45, 7) is 18.4. The average Bonchev–Trinajstić information content (AvgIpc) is 1.64. The summed E-state index contributed by atoms with van der Waals surface area (Å²) >= 11 is 0. The van der Waals surface area contributed by atoms with E-state index < -0.39 is 83.2 Å². The molecule has 18 rings (SSSR count). The van der Waals surface area contributed by atoms with E-state index >= 15 is 0 Å². The summed E-state index contributed by atoms with van der Waals surface area (Å²) in [5.74, 6) is -0.330. The molecule has 136 heavy (non-hydrogen) atoms. The molecule has 37 nitrogen and oxygen atoms in total. The number of nitrogens with zero attached hydrogens (tertiary/aromatic N) is 19. The lowest BCUT2D eigenvalue weighted by Gasteiger charge is -2.34. The molecule has 3 atom stereocenters. The van der Waals surface area contributed by atoms with Gasteiger partial charge in [0.15, 0.2) is 39.8 Å². The number of carbonyl (C=O) groups excluding carboxylic acids is 2. The number of hydrogen-bond donors (Lipinski definition) is 5. The lowest BCUT2D eigenvalue weighted by molar-refractivity contribution is -0.175. The Morgan fingerprint density at radius 1 is 0.478 bits per heavy atom. The predicted molar refractivity (Wildman–Crippen MR) is 474 cm³/mol. The summed E-state index contributed by atoms with van der Waals surface area (Å²) in [4.78, 5) is 125. The van der Waals surface area contributed by atoms with Gasteiger partial charge in [-0.3, -0.25) is 28.7 Å². The molecule has 5 saturated heterocycles. The molecule has 47 heteroatoms. The fourth-order valence-corrected chi connectivity index (χ4v) is 16.6. The van der Waals surface area contributed by atoms with Crippen molar-refractivity contribution < 1.29 is 81.9 Å². The van der Waals surface area contributed by atoms with E-state index in [0.717, 1.165) is 76.7 Å². The molecule has 5 aliphatic rings. The van der Waals surface area contributed by atoms with Gasteiger partial charge in [-0.25, -0.2) is 62.3 Å². The maximum atomic E-state index is 13.9. The SMILES string of the molecule is CC(C)(C)OC(=O)N1CCCC(n2ncc3c(=O)[nH]c(Cc4cccc(C(F)(F)F)c4)nc32)C1.CCC(Cc1nc2c(cnn2C2CCCN(C(=O)OC(C)(C)C)C2)c(=O)[nH]1)C(F)(F)F.COc1ccc(Cc2nc3c(cnn3C3CCOCC3)c(=O)[nH]2)cc1F.O=c1[nH]c(CCCC(F)(F)F)nc2c1cnn2C1CCOCC1.O=c1[nH]c(Cn2cccn2)nc2c1cnn2C1CCOCC1. The smallest absolute Gasteiger partial charge is 0.416 e. The van der Waals surface area contributed by atoms with E-state index in [4.69, 9.17) is 28.4 Å². The number of nitrogens with one attached hydrogen (secondary N) is 5. The average molecular weight is 1910 g/mol. The topological polar surface area (TPSA) is 432 Å². The van der Waals surface area contributed by atoms with Gasteiger partial charge < -0.3 is 63.1 Å². The van der Waals surface area contributed by atoms with Crippen molar-refractivity contribution in [2.75, 3.05) is 72.9 Å². The number of benzene rings is 2. The first kappa shape index (κ1) is 98.9. The Bertz CT molecular complexity index is 6620. The first-order valence-corrected chi connectivity index (χ1v) is 44.8. The number of halogens is 10. The lowest BCUT2D eigenvalue weighted by atomic mass is 10.0. The van der Waals surface area contributed by atoms with Gasteiger partial charge >= 0.3 is 30.7 Å². The fourth-order valence-electron chi connectivity index (χ4n) is 16.6. The van der Waals surface area contributed by atoms with Crippen molar-refractivity contribution in [1.82, 2.24) is 118 Å². The molecule has 5 N–H and O–H groups in total. The number of aromatic nitrogens is 22. The molecule has 0 aliphatic carbocycles. The molecule has 730 valence electrons. The number of carbonyl (C=O) groups is 2. The Hall–Kier alpha value is -13.1. The second kappa shape index (κ2) is 42.5. The largest absolute Gasteiger partial charge is 0.494 e. The Balaban J connectivity index is 0.000000137. The van der Waals surface area contributed by atoms with Crippen molar-refractivity contribution in [3.63, 3.8) is 0 Å². The van der Waals surface area contributed by atoms with E-state index in [0.29, 0.717) is 140 Å². The van der Waals surface area contributed by atoms with Gasteiger partial charge in [-0.15, -0.1) is 0 Å². The zero-order chi connectivity index (χ0) is 97.1. The van der Waals surface area contributed by atoms with Crippen molar-refractivity contribution in [3.8, 4) is 5.75 Å². The summed E-state index contributed by atoms with van der Waals surface area (Å²) in [7, 11) is 1.42. The van der Waals surface area contributed by atoms with Crippen LogP contribution < -0.4 is 32.5 Å². The third kappa shape index (κ3) is 25.2. The Labute approximate surface area is 768 Å². The molecule has 0 spiro atoms. The first-order chi connectivity index (χ1) is 64.7. The number of rotatable bonds is 18. The fraction of sp³-hybridized carbons (Fsp3) is 0.528. The Morgan fingerprint density at radius 2 is 0.868 bits per heavy atom. The Morgan fingerprint density at radius 3 is 1.25 bits per heavy atom. The number of fused-ring (bicyclic) bond motifs is 5. The quantitative estimate of drug-likeness (QED) is 0.0498. The van der Waals surface area contributed by atoms with Crippen LogP contribution in [0.5, 0.6) is 5.75 Å². The van der Waals surface area contributed by atoms with E-state index in [1.807, 2.05) is 21.6 Å². The van der Waals surface area contributed by atoms with Gasteiger partial charge in [0.2, 0.25) is 0 Å². The maximum absolute atomic E-state index is 13.9. The molecule has 11 aromatic heterocycles. The van der Waals surface area contributed by atoms with Crippen LogP contribution in [-0.2, 0) is 62.1 Å². The molecule has 0 bridgehead atoms. The van der Waals surface area contributed by atoms with E-state index in [1.54, 1.807) is 107 Å². The van der Waals surface area contributed by atoms with Gasteiger partial charge in [0, 0.05) is 110 Å². The van der Waals surface area contributed by atoms with Crippen LogP contribution in [0.25, 0.3) is 55.2 Å². The molecular weight excluding hydrogens is 1800 g/mol. The van der Waals surface area contributed by atoms with E-state index in [-0.39, 0.29) is 112 Å². The maximum Gasteiger partial charge on any atom is 0.416 e. The van der Waals surface area contributed by atoms with Crippen LogP contribution >= 0.6 is 0 Å². The highest BCUT2D eigenvalue weighted by atomic mass is 19.4. The van der Waals surface area contributed by atoms with E-state index in [2.05, 4.69) is 80.4 Å². The highest BCUT2D eigenvalue weighted by molar-refractivity contribution is 5.77. The van der Waals surface area contributed by atoms with Crippen LogP contribution in [0.15, 0.2) is 116 Å². The number of aromatic amines is 5. The van der Waals surface area contributed by atoms with Gasteiger partial charge in [0.1, 0.15) is 67.3 Å². The van der Waals surface area contributed by atoms with Crippen LogP contribution in [0, 0.1) is 11.7 Å². The standard InChI is InChI=1S/C23H26F3N5O3.C20H28F3N5O3.C18H19FN4O3.C14H17F3N4O2.C14H16N6O2/c1-22(2,3)34-21(33)30-9-5-8-16(13-30)31-19-17(12-27-31)20(32)29-18(28-19)11-14-6-4-7-15(10-14)23(24,25)26;1-5-12(20(21,22)23)9-15-25-16-14(17(29)26-15)10-24-28(16)13-7-6-8-27(11-13)18(30)31-19(2,3)4;1-25-15-3-2-11(8-14(15)19)9-16-21-17-13(18(24)22-16)10-20-23(17)12-4-6-26-7-5-12;15-14(16,17)5-1-2-11-19-12-10(13(22)20-11)8-18-21(12)9-3-6-23-7-4-9;21-14-11-8-16-20(10-2-6-22-7-3-10)13(11)17-12(18-14)9-19-5-1-4-15-19/h4,6-7,10,12,16H,5,8-9,11,13H2,1-3H3,(H,28,29,32);10,12-13H,5-9,11H2,1-4H3,(H,25,26,29);2-3,8,10,12H,4-7,9H2,1H3,(H,21,22,24);8-9H,1-7H2,(H,19,20,22);1,4-5,8,10H,2-3,6-7,9H2,(H,17,18,21). The zero-order valence-electron chi connectivity index (χ0n) is 76.0. The van der Waals surface area contributed by atoms with Crippen LogP contribution in [0.4, 0.5) is 53.5 Å². The summed E-state index contributed by atoms with van der Waals surface area (Å²) in [6.07, 6.45) is 3.75. The number of hydrogen-bond acceptors (Lipinski definition) is 24. The van der Waals surface area contributed by atoms with Gasteiger partial charge in [0.25, 0.3) is 27.8 Å². The van der Waals surface area contributed by atoms with Crippen molar-refractivity contribution in [1.29, 1.82) is 0 Å². The lowest BCUT2D eigenvalue weighted by Crippen LogP contribution is -2.43. The molecule has 3 unspecified atom stereocenters. The number of aryl methyl sites for hydroxylation is 1. The van der Waals surface area contributed by atoms with Crippen LogP contribution in [0.3, 0.4) is 0 Å². The summed E-state index contributed by atoms with van der Waals surface area (Å²) in [5, 5.41) is 27.6. The third-order valence-corrected chi connectivity index (χ3v) is 23.3. The van der Waals surface area contributed by atoms with E-state index in [9.17, 15) is 77.5 Å². The number of amides is 2. The molecular formula is C89H106F10N24O13. The van der Waals surface area contributed by atoms with Crippen molar-refractivity contribution in [3.05, 3.63) is 195 Å². The summed E-state index contributed by atoms with van der Waals surface area (Å²) in [6, 6.07) is 11.5. The summed E-state index contributed by atoms with van der Waals surface area (Å²) < 4.78 is 171. The van der Waals surface area contributed by atoms with E-state index in [1.165, 1.54) is 44.8 Å². The Kier molecular flexibility index (Phi) is 30.9.